The summed E-state index contributed by atoms with van der Waals surface area (Å²) in [5.41, 5.74) is 1.06. The van der Waals surface area contributed by atoms with E-state index in [1.165, 1.54) is 24.1 Å². The van der Waals surface area contributed by atoms with Gasteiger partial charge in [0, 0.05) is 31.1 Å². The number of carbonyl (C=O) groups is 2. The highest BCUT2D eigenvalue weighted by molar-refractivity contribution is 7.10. The van der Waals surface area contributed by atoms with Crippen LogP contribution in [0.5, 0.6) is 5.75 Å². The predicted molar refractivity (Wildman–Crippen MR) is 113 cm³/mol. The van der Waals surface area contributed by atoms with Crippen molar-refractivity contribution in [1.29, 1.82) is 0 Å². The van der Waals surface area contributed by atoms with Gasteiger partial charge in [-0.05, 0) is 42.0 Å². The van der Waals surface area contributed by atoms with E-state index in [0.29, 0.717) is 18.8 Å². The van der Waals surface area contributed by atoms with Crippen molar-refractivity contribution in [2.45, 2.75) is 25.8 Å². The summed E-state index contributed by atoms with van der Waals surface area (Å²) < 4.78 is 24.3. The fourth-order valence-electron chi connectivity index (χ4n) is 3.64. The Morgan fingerprint density at radius 3 is 2.90 bits per heavy atom. The molecule has 1 aromatic carbocycles. The molecule has 1 aliphatic rings. The van der Waals surface area contributed by atoms with Crippen LogP contribution in [-0.4, -0.2) is 61.6 Å². The highest BCUT2D eigenvalue weighted by Gasteiger charge is 2.33. The molecule has 0 bridgehead atoms. The molecule has 6 nitrogen and oxygen atoms in total. The average Bonchev–Trinajstić information content (AvgIpc) is 3.21. The maximum absolute atomic E-state index is 13.5. The van der Waals surface area contributed by atoms with Crippen molar-refractivity contribution in [1.82, 2.24) is 9.80 Å². The van der Waals surface area contributed by atoms with Crippen LogP contribution in [0.4, 0.5) is 4.39 Å². The molecule has 0 saturated heterocycles. The zero-order chi connectivity index (χ0) is 21.5. The molecule has 1 aliphatic heterocycles. The maximum atomic E-state index is 13.5. The molecule has 1 atom stereocenters. The van der Waals surface area contributed by atoms with Crippen molar-refractivity contribution in [2.75, 3.05) is 40.0 Å². The van der Waals surface area contributed by atoms with E-state index in [9.17, 15) is 14.0 Å². The van der Waals surface area contributed by atoms with Gasteiger partial charge in [-0.2, -0.15) is 0 Å². The zero-order valence-corrected chi connectivity index (χ0v) is 18.1. The SMILES string of the molecule is CCCN(CC(=O)N1CCc2sccc2[C@@H]1COc1cccc(F)c1)C(=O)COC. The van der Waals surface area contributed by atoms with E-state index in [-0.39, 0.29) is 43.4 Å². The van der Waals surface area contributed by atoms with Crippen LogP contribution in [0.3, 0.4) is 0 Å². The fraction of sp³-hybridized carbons (Fsp3) is 0.455. The summed E-state index contributed by atoms with van der Waals surface area (Å²) in [4.78, 5) is 30.0. The van der Waals surface area contributed by atoms with Crippen LogP contribution in [0.2, 0.25) is 0 Å². The molecule has 0 aliphatic carbocycles. The second-order valence-electron chi connectivity index (χ2n) is 7.17. The van der Waals surface area contributed by atoms with E-state index in [1.807, 2.05) is 18.4 Å². The summed E-state index contributed by atoms with van der Waals surface area (Å²) in [7, 11) is 1.46. The second-order valence-corrected chi connectivity index (χ2v) is 8.17. The van der Waals surface area contributed by atoms with Crippen LogP contribution >= 0.6 is 11.3 Å². The van der Waals surface area contributed by atoms with Gasteiger partial charge < -0.3 is 19.3 Å². The van der Waals surface area contributed by atoms with Crippen LogP contribution in [0.15, 0.2) is 35.7 Å². The molecule has 0 N–H and O–H groups in total. The zero-order valence-electron chi connectivity index (χ0n) is 17.3. The first-order valence-corrected chi connectivity index (χ1v) is 10.9. The van der Waals surface area contributed by atoms with E-state index < -0.39 is 0 Å². The quantitative estimate of drug-likeness (QED) is 0.608. The summed E-state index contributed by atoms with van der Waals surface area (Å²) in [6.07, 6.45) is 1.53. The lowest BCUT2D eigenvalue weighted by molar-refractivity contribution is -0.144. The number of amides is 2. The Morgan fingerprint density at radius 1 is 1.33 bits per heavy atom. The molecule has 2 aromatic rings. The van der Waals surface area contributed by atoms with Crippen molar-refractivity contribution in [3.63, 3.8) is 0 Å². The van der Waals surface area contributed by atoms with Crippen LogP contribution in [-0.2, 0) is 20.7 Å². The third-order valence-corrected chi connectivity index (χ3v) is 6.06. The monoisotopic (exact) mass is 434 g/mol. The highest BCUT2D eigenvalue weighted by Crippen LogP contribution is 2.34. The smallest absolute Gasteiger partial charge is 0.249 e. The molecule has 8 heteroatoms. The molecular weight excluding hydrogens is 407 g/mol. The number of ether oxygens (including phenoxy) is 2. The first-order valence-electron chi connectivity index (χ1n) is 10.0. The van der Waals surface area contributed by atoms with Gasteiger partial charge in [0.05, 0.1) is 12.6 Å². The third-order valence-electron chi connectivity index (χ3n) is 5.06. The van der Waals surface area contributed by atoms with Gasteiger partial charge in [-0.25, -0.2) is 4.39 Å². The minimum Gasteiger partial charge on any atom is -0.491 e. The minimum absolute atomic E-state index is 0.00592. The molecule has 2 heterocycles. The molecule has 0 saturated carbocycles. The Hall–Kier alpha value is -2.45. The number of hydrogen-bond acceptors (Lipinski definition) is 5. The van der Waals surface area contributed by atoms with Crippen molar-refractivity contribution in [3.8, 4) is 5.75 Å². The largest absolute Gasteiger partial charge is 0.491 e. The molecule has 3 rings (SSSR count). The van der Waals surface area contributed by atoms with Crippen molar-refractivity contribution >= 4 is 23.2 Å². The van der Waals surface area contributed by atoms with Gasteiger partial charge in [-0.15, -0.1) is 11.3 Å². The van der Waals surface area contributed by atoms with Crippen molar-refractivity contribution in [2.24, 2.45) is 0 Å². The molecular formula is C22H27FN2O4S. The molecule has 0 radical (unpaired) electrons. The Balaban J connectivity index is 1.75. The normalized spacial score (nSPS) is 15.6. The number of thiophene rings is 1. The second kappa shape index (κ2) is 10.5. The van der Waals surface area contributed by atoms with E-state index in [4.69, 9.17) is 9.47 Å². The average molecular weight is 435 g/mol. The third kappa shape index (κ3) is 5.37. The molecule has 1 aromatic heterocycles. The number of methoxy groups -OCH3 is 1. The van der Waals surface area contributed by atoms with Crippen LogP contribution in [0.25, 0.3) is 0 Å². The number of benzene rings is 1. The van der Waals surface area contributed by atoms with Gasteiger partial charge >= 0.3 is 0 Å². The Kier molecular flexibility index (Phi) is 7.81. The summed E-state index contributed by atoms with van der Waals surface area (Å²) >= 11 is 1.67. The molecule has 0 fully saturated rings. The van der Waals surface area contributed by atoms with Crippen LogP contribution < -0.4 is 4.74 Å². The highest BCUT2D eigenvalue weighted by atomic mass is 32.1. The van der Waals surface area contributed by atoms with Crippen LogP contribution in [0.1, 0.15) is 29.8 Å². The topological polar surface area (TPSA) is 59.1 Å². The fourth-order valence-corrected chi connectivity index (χ4v) is 4.57. The molecule has 0 spiro atoms. The van der Waals surface area contributed by atoms with Gasteiger partial charge in [0.25, 0.3) is 0 Å². The Bertz CT molecular complexity index is 872. The van der Waals surface area contributed by atoms with E-state index in [2.05, 4.69) is 0 Å². The van der Waals surface area contributed by atoms with E-state index in [1.54, 1.807) is 33.3 Å². The summed E-state index contributed by atoms with van der Waals surface area (Å²) in [6, 6.07) is 7.71. The molecule has 0 unspecified atom stereocenters. The van der Waals surface area contributed by atoms with Gasteiger partial charge in [0.1, 0.15) is 24.8 Å². The van der Waals surface area contributed by atoms with Gasteiger partial charge in [-0.3, -0.25) is 9.59 Å². The van der Waals surface area contributed by atoms with Gasteiger partial charge in [0.2, 0.25) is 11.8 Å². The molecule has 2 amide bonds. The molecule has 162 valence electrons. The standard InChI is InChI=1S/C22H27FN2O4S/c1-3-9-24(22(27)15-28-2)13-21(26)25-10-7-20-18(8-11-30-20)19(25)14-29-17-6-4-5-16(23)12-17/h4-6,8,11-12,19H,3,7,9-10,13-15H2,1-2H3/t19-/m0/s1. The maximum Gasteiger partial charge on any atom is 0.249 e. The summed E-state index contributed by atoms with van der Waals surface area (Å²) in [5.74, 6) is -0.272. The number of rotatable bonds is 9. The number of nitrogens with zero attached hydrogens (tertiary/aromatic N) is 2. The van der Waals surface area contributed by atoms with Crippen molar-refractivity contribution < 1.29 is 23.5 Å². The number of halogens is 1. The summed E-state index contributed by atoms with van der Waals surface area (Å²) in [6.45, 7) is 3.20. The lowest BCUT2D eigenvalue weighted by Gasteiger charge is -2.37. The van der Waals surface area contributed by atoms with Gasteiger partial charge in [0.15, 0.2) is 0 Å². The Morgan fingerprint density at radius 2 is 2.17 bits per heavy atom. The minimum atomic E-state index is -0.368. The Labute approximate surface area is 180 Å². The number of carbonyl (C=O) groups excluding carboxylic acids is 2. The molecule has 30 heavy (non-hydrogen) atoms. The van der Waals surface area contributed by atoms with Crippen LogP contribution in [0, 0.1) is 5.82 Å². The van der Waals surface area contributed by atoms with E-state index in [0.717, 1.165) is 18.4 Å². The summed E-state index contributed by atoms with van der Waals surface area (Å²) in [5, 5.41) is 2.01. The predicted octanol–water partition coefficient (Wildman–Crippen LogP) is 3.28. The van der Waals surface area contributed by atoms with Gasteiger partial charge in [-0.1, -0.05) is 13.0 Å². The first-order chi connectivity index (χ1) is 14.5. The number of hydrogen-bond donors (Lipinski definition) is 0. The first kappa shape index (κ1) is 22.2. The van der Waals surface area contributed by atoms with E-state index >= 15 is 0 Å². The lowest BCUT2D eigenvalue weighted by Crippen LogP contribution is -2.48. The van der Waals surface area contributed by atoms with Crippen molar-refractivity contribution in [3.05, 3.63) is 52.0 Å². The lowest BCUT2D eigenvalue weighted by atomic mass is 10.0. The number of fused-ring (bicyclic) bond motifs is 1.